The molecular weight excluding hydrogens is 243 g/mol. The summed E-state index contributed by atoms with van der Waals surface area (Å²) in [5.41, 5.74) is 2.98. The number of carboxylic acid groups (broad SMARTS) is 1. The number of nitrogens with one attached hydrogen (secondary N) is 2. The molecule has 0 unspecified atom stereocenters. The maximum Gasteiger partial charge on any atom is 0.472 e. The normalized spacial score (nSPS) is 10.8. The van der Waals surface area contributed by atoms with Gasteiger partial charge in [-0.3, -0.25) is 15.6 Å². The van der Waals surface area contributed by atoms with E-state index < -0.39 is 18.1 Å². The lowest BCUT2D eigenvalue weighted by molar-refractivity contribution is -0.255. The predicted molar refractivity (Wildman–Crippen MR) is 46.4 cm³/mol. The molecule has 0 aliphatic heterocycles. The van der Waals surface area contributed by atoms with Gasteiger partial charge in [-0.05, 0) is 12.1 Å². The second-order valence-corrected chi connectivity index (χ2v) is 2.80. The molecular formula is C8H5F3N3O3-. The number of carbonyl (C=O) groups excluding carboxylic acids is 2. The Morgan fingerprint density at radius 2 is 1.94 bits per heavy atom. The number of pyridine rings is 1. The number of aromatic nitrogens is 1. The third kappa shape index (κ3) is 3.63. The number of alkyl halides is 3. The van der Waals surface area contributed by atoms with Gasteiger partial charge in [0.25, 0.3) is 0 Å². The van der Waals surface area contributed by atoms with Gasteiger partial charge in [-0.25, -0.2) is 4.98 Å². The van der Waals surface area contributed by atoms with Crippen molar-refractivity contribution in [2.45, 2.75) is 6.18 Å². The standard InChI is InChI=1S/C8H6F3N3O3/c9-8(10,11)7(17)14-13-5-2-1-4(3-12-5)6(15)16/h1-3H,(H,12,13)(H,14,17)(H,15,16)/p-1. The van der Waals surface area contributed by atoms with Gasteiger partial charge in [0.05, 0.1) is 5.97 Å². The second-order valence-electron chi connectivity index (χ2n) is 2.80. The Morgan fingerprint density at radius 3 is 2.35 bits per heavy atom. The molecule has 6 nitrogen and oxygen atoms in total. The highest BCUT2D eigenvalue weighted by atomic mass is 19.4. The number of anilines is 1. The first kappa shape index (κ1) is 12.7. The Hall–Kier alpha value is -2.32. The van der Waals surface area contributed by atoms with E-state index in [-0.39, 0.29) is 11.4 Å². The van der Waals surface area contributed by atoms with Crippen molar-refractivity contribution < 1.29 is 27.9 Å². The van der Waals surface area contributed by atoms with Crippen LogP contribution in [0.4, 0.5) is 19.0 Å². The van der Waals surface area contributed by atoms with Crippen molar-refractivity contribution in [1.82, 2.24) is 10.4 Å². The smallest absolute Gasteiger partial charge is 0.472 e. The number of hydrogen-bond acceptors (Lipinski definition) is 5. The number of carboxylic acids is 1. The van der Waals surface area contributed by atoms with E-state index in [2.05, 4.69) is 4.98 Å². The van der Waals surface area contributed by atoms with Gasteiger partial charge >= 0.3 is 12.1 Å². The quantitative estimate of drug-likeness (QED) is 0.700. The van der Waals surface area contributed by atoms with Gasteiger partial charge in [0, 0.05) is 11.8 Å². The van der Waals surface area contributed by atoms with E-state index in [1.807, 2.05) is 5.43 Å². The van der Waals surface area contributed by atoms with Gasteiger partial charge in [0.15, 0.2) is 0 Å². The maximum atomic E-state index is 11.8. The summed E-state index contributed by atoms with van der Waals surface area (Å²) < 4.78 is 35.3. The molecule has 0 aliphatic rings. The third-order valence-corrected chi connectivity index (χ3v) is 1.56. The summed E-state index contributed by atoms with van der Waals surface area (Å²) in [6, 6.07) is 2.13. The fourth-order valence-corrected chi connectivity index (χ4v) is 0.780. The van der Waals surface area contributed by atoms with Gasteiger partial charge in [-0.15, -0.1) is 0 Å². The lowest BCUT2D eigenvalue weighted by Gasteiger charge is -2.10. The number of rotatable bonds is 3. The first-order valence-electron chi connectivity index (χ1n) is 4.11. The van der Waals surface area contributed by atoms with Gasteiger partial charge in [-0.1, -0.05) is 0 Å². The zero-order valence-electron chi connectivity index (χ0n) is 8.04. The zero-order valence-corrected chi connectivity index (χ0v) is 8.04. The van der Waals surface area contributed by atoms with Crippen LogP contribution >= 0.6 is 0 Å². The van der Waals surface area contributed by atoms with E-state index in [1.165, 1.54) is 5.43 Å². The average molecular weight is 248 g/mol. The minimum Gasteiger partial charge on any atom is -0.545 e. The molecule has 0 spiro atoms. The third-order valence-electron chi connectivity index (χ3n) is 1.56. The van der Waals surface area contributed by atoms with Crippen LogP contribution in [0.1, 0.15) is 10.4 Å². The Morgan fingerprint density at radius 1 is 1.29 bits per heavy atom. The summed E-state index contributed by atoms with van der Waals surface area (Å²) in [5, 5.41) is 10.3. The van der Waals surface area contributed by atoms with Crippen molar-refractivity contribution in [2.75, 3.05) is 5.43 Å². The molecule has 9 heteroatoms. The summed E-state index contributed by atoms with van der Waals surface area (Å²) in [5.74, 6) is -3.81. The summed E-state index contributed by atoms with van der Waals surface area (Å²) in [4.78, 5) is 24.1. The molecule has 1 heterocycles. The lowest BCUT2D eigenvalue weighted by Crippen LogP contribution is -2.40. The molecule has 2 N–H and O–H groups in total. The van der Waals surface area contributed by atoms with Crippen LogP contribution in [0.3, 0.4) is 0 Å². The monoisotopic (exact) mass is 248 g/mol. The number of halogens is 3. The number of aromatic carboxylic acids is 1. The SMILES string of the molecule is O=C([O-])c1ccc(NNC(=O)C(F)(F)F)nc1. The molecule has 17 heavy (non-hydrogen) atoms. The van der Waals surface area contributed by atoms with E-state index in [0.717, 1.165) is 18.3 Å². The van der Waals surface area contributed by atoms with E-state index in [1.54, 1.807) is 0 Å². The molecule has 1 aromatic rings. The van der Waals surface area contributed by atoms with Crippen LogP contribution in [0.15, 0.2) is 18.3 Å². The maximum absolute atomic E-state index is 11.8. The van der Waals surface area contributed by atoms with Gasteiger partial charge in [0.2, 0.25) is 0 Å². The molecule has 1 amide bonds. The van der Waals surface area contributed by atoms with Crippen LogP contribution in [0.2, 0.25) is 0 Å². The molecule has 1 rings (SSSR count). The number of nitrogens with zero attached hydrogens (tertiary/aromatic N) is 1. The first-order chi connectivity index (χ1) is 7.80. The van der Waals surface area contributed by atoms with Crippen LogP contribution in [0.5, 0.6) is 0 Å². The highest BCUT2D eigenvalue weighted by Gasteiger charge is 2.38. The van der Waals surface area contributed by atoms with Crippen molar-refractivity contribution in [3.05, 3.63) is 23.9 Å². The van der Waals surface area contributed by atoms with Crippen molar-refractivity contribution in [2.24, 2.45) is 0 Å². The number of amides is 1. The van der Waals surface area contributed by atoms with Gasteiger partial charge in [-0.2, -0.15) is 13.2 Å². The molecule has 0 saturated heterocycles. The minimum absolute atomic E-state index is 0.146. The highest BCUT2D eigenvalue weighted by molar-refractivity contribution is 5.85. The molecule has 0 aliphatic carbocycles. The van der Waals surface area contributed by atoms with Crippen LogP contribution in [-0.4, -0.2) is 23.0 Å². The second kappa shape index (κ2) is 4.68. The lowest BCUT2D eigenvalue weighted by atomic mass is 10.3. The van der Waals surface area contributed by atoms with Crippen molar-refractivity contribution in [1.29, 1.82) is 0 Å². The topological polar surface area (TPSA) is 94.1 Å². The van der Waals surface area contributed by atoms with Crippen molar-refractivity contribution in [3.63, 3.8) is 0 Å². The summed E-state index contributed by atoms with van der Waals surface area (Å²) in [6.07, 6.45) is -4.14. The number of hydrazine groups is 1. The van der Waals surface area contributed by atoms with Crippen LogP contribution in [0.25, 0.3) is 0 Å². The van der Waals surface area contributed by atoms with Crippen molar-refractivity contribution >= 4 is 17.7 Å². The molecule has 0 atom stereocenters. The van der Waals surface area contributed by atoms with E-state index in [0.29, 0.717) is 0 Å². The number of hydrogen-bond donors (Lipinski definition) is 2. The Labute approximate surface area is 92.4 Å². The minimum atomic E-state index is -5.02. The average Bonchev–Trinajstić information content (AvgIpc) is 2.25. The summed E-state index contributed by atoms with van der Waals surface area (Å²) in [7, 11) is 0. The molecule has 0 radical (unpaired) electrons. The molecule has 0 aromatic carbocycles. The Kier molecular flexibility index (Phi) is 3.51. The fraction of sp³-hybridized carbons (Fsp3) is 0.125. The molecule has 1 aromatic heterocycles. The Bertz CT molecular complexity index is 430. The fourth-order valence-electron chi connectivity index (χ4n) is 0.780. The van der Waals surface area contributed by atoms with Gasteiger partial charge in [0.1, 0.15) is 5.82 Å². The van der Waals surface area contributed by atoms with E-state index >= 15 is 0 Å². The zero-order chi connectivity index (χ0) is 13.1. The summed E-state index contributed by atoms with van der Waals surface area (Å²) in [6.45, 7) is 0. The van der Waals surface area contributed by atoms with E-state index in [4.69, 9.17) is 0 Å². The predicted octanol–water partition coefficient (Wildman–Crippen LogP) is -0.550. The first-order valence-corrected chi connectivity index (χ1v) is 4.11. The molecule has 0 fully saturated rings. The van der Waals surface area contributed by atoms with Crippen LogP contribution < -0.4 is 16.0 Å². The van der Waals surface area contributed by atoms with Crippen LogP contribution in [-0.2, 0) is 4.79 Å². The number of carbonyl (C=O) groups is 2. The molecule has 0 saturated carbocycles. The molecule has 92 valence electrons. The highest BCUT2D eigenvalue weighted by Crippen LogP contribution is 2.14. The van der Waals surface area contributed by atoms with Gasteiger partial charge < -0.3 is 9.90 Å². The van der Waals surface area contributed by atoms with E-state index in [9.17, 15) is 27.9 Å². The van der Waals surface area contributed by atoms with Crippen molar-refractivity contribution in [3.8, 4) is 0 Å². The van der Waals surface area contributed by atoms with Crippen LogP contribution in [0, 0.1) is 0 Å². The Balaban J connectivity index is 2.59. The largest absolute Gasteiger partial charge is 0.545 e. The molecule has 0 bridgehead atoms. The summed E-state index contributed by atoms with van der Waals surface area (Å²) >= 11 is 0.